The van der Waals surface area contributed by atoms with Crippen LogP contribution in [0.4, 0.5) is 24.7 Å². The van der Waals surface area contributed by atoms with Crippen LogP contribution in [0.25, 0.3) is 0 Å². The molecule has 27 heavy (non-hydrogen) atoms. The summed E-state index contributed by atoms with van der Waals surface area (Å²) in [6.45, 7) is 1.44. The monoisotopic (exact) mass is 379 g/mol. The van der Waals surface area contributed by atoms with Crippen molar-refractivity contribution in [1.82, 2.24) is 15.0 Å². The highest BCUT2D eigenvalue weighted by molar-refractivity contribution is 5.95. The second-order valence-electron chi connectivity index (χ2n) is 6.74. The first-order chi connectivity index (χ1) is 12.7. The number of carbonyl (C=O) groups excluding carboxylic acids is 1. The summed E-state index contributed by atoms with van der Waals surface area (Å²) < 4.78 is 40.1. The molecule has 0 saturated carbocycles. The Balaban J connectivity index is 1.85. The summed E-state index contributed by atoms with van der Waals surface area (Å²) in [4.78, 5) is 26.4. The van der Waals surface area contributed by atoms with Crippen LogP contribution in [-0.2, 0) is 23.8 Å². The van der Waals surface area contributed by atoms with Gasteiger partial charge in [-0.05, 0) is 38.3 Å². The average Bonchev–Trinajstić information content (AvgIpc) is 2.60. The third-order valence-electron chi connectivity index (χ3n) is 4.49. The van der Waals surface area contributed by atoms with Crippen molar-refractivity contribution in [1.29, 1.82) is 0 Å². The fourth-order valence-electron chi connectivity index (χ4n) is 3.28. The molecule has 0 aliphatic heterocycles. The maximum absolute atomic E-state index is 13.4. The van der Waals surface area contributed by atoms with Crippen molar-refractivity contribution < 1.29 is 18.0 Å². The second kappa shape index (κ2) is 7.13. The number of hydrogen-bond acceptors (Lipinski definition) is 5. The largest absolute Gasteiger partial charge is 0.433 e. The number of halogens is 3. The Kier molecular flexibility index (Phi) is 5.03. The molecule has 2 aromatic rings. The number of nitrogens with zero attached hydrogens (tertiary/aromatic N) is 4. The minimum Gasteiger partial charge on any atom is -0.361 e. The van der Waals surface area contributed by atoms with Gasteiger partial charge in [-0.25, -0.2) is 15.0 Å². The first-order valence-corrected chi connectivity index (χ1v) is 8.53. The van der Waals surface area contributed by atoms with E-state index in [2.05, 4.69) is 20.3 Å². The average molecular weight is 379 g/mol. The molecule has 0 fully saturated rings. The number of rotatable bonds is 3. The molecule has 0 radical (unpaired) electrons. The van der Waals surface area contributed by atoms with E-state index in [4.69, 9.17) is 0 Å². The molecule has 2 heterocycles. The van der Waals surface area contributed by atoms with Crippen LogP contribution in [0.15, 0.2) is 18.3 Å². The summed E-state index contributed by atoms with van der Waals surface area (Å²) in [5.41, 5.74) is 0.000101. The molecule has 0 saturated heterocycles. The quantitative estimate of drug-likeness (QED) is 0.888. The van der Waals surface area contributed by atoms with E-state index in [1.54, 1.807) is 37.3 Å². The minimum atomic E-state index is -4.57. The second-order valence-corrected chi connectivity index (χ2v) is 6.74. The van der Waals surface area contributed by atoms with Gasteiger partial charge >= 0.3 is 6.18 Å². The van der Waals surface area contributed by atoms with Crippen LogP contribution in [0.3, 0.4) is 0 Å². The Morgan fingerprint density at radius 1 is 1.30 bits per heavy atom. The molecule has 2 aromatic heterocycles. The first-order valence-electron chi connectivity index (χ1n) is 8.53. The molecule has 0 aromatic carbocycles. The molecule has 0 bridgehead atoms. The van der Waals surface area contributed by atoms with E-state index >= 15 is 0 Å². The van der Waals surface area contributed by atoms with Crippen molar-refractivity contribution in [3.05, 3.63) is 41.1 Å². The molecule has 144 valence electrons. The number of pyridine rings is 1. The Bertz CT molecular complexity index is 867. The highest BCUT2D eigenvalue weighted by Crippen LogP contribution is 2.36. The van der Waals surface area contributed by atoms with Crippen molar-refractivity contribution in [2.24, 2.45) is 5.92 Å². The summed E-state index contributed by atoms with van der Waals surface area (Å²) in [5.74, 6) is -0.238. The molecule has 6 nitrogen and oxygen atoms in total. The maximum Gasteiger partial charge on any atom is 0.433 e. The molecule has 1 aliphatic carbocycles. The van der Waals surface area contributed by atoms with Crippen LogP contribution in [-0.4, -0.2) is 35.0 Å². The predicted molar refractivity (Wildman–Crippen MR) is 94.5 cm³/mol. The van der Waals surface area contributed by atoms with Gasteiger partial charge in [0.2, 0.25) is 5.91 Å². The molecular weight excluding hydrogens is 359 g/mol. The van der Waals surface area contributed by atoms with Gasteiger partial charge in [-0.1, -0.05) is 0 Å². The molecule has 3 rings (SSSR count). The number of alkyl halides is 3. The lowest BCUT2D eigenvalue weighted by molar-refractivity contribution is -0.142. The number of nitrogens with one attached hydrogen (secondary N) is 1. The van der Waals surface area contributed by atoms with Crippen LogP contribution in [0, 0.1) is 12.8 Å². The van der Waals surface area contributed by atoms with Gasteiger partial charge in [-0.3, -0.25) is 4.79 Å². The van der Waals surface area contributed by atoms with Gasteiger partial charge < -0.3 is 10.2 Å². The number of aromatic nitrogens is 3. The van der Waals surface area contributed by atoms with Crippen molar-refractivity contribution in [3.63, 3.8) is 0 Å². The molecule has 9 heteroatoms. The zero-order chi connectivity index (χ0) is 19.8. The van der Waals surface area contributed by atoms with Crippen LogP contribution in [0.5, 0.6) is 0 Å². The van der Waals surface area contributed by atoms with Gasteiger partial charge in [0, 0.05) is 37.5 Å². The van der Waals surface area contributed by atoms with Crippen LogP contribution < -0.4 is 10.2 Å². The highest BCUT2D eigenvalue weighted by atomic mass is 19.4. The summed E-state index contributed by atoms with van der Waals surface area (Å²) in [6.07, 6.45) is -2.25. The van der Waals surface area contributed by atoms with E-state index in [1.165, 1.54) is 6.92 Å². The number of carbonyl (C=O) groups is 1. The lowest BCUT2D eigenvalue weighted by Gasteiger charge is -2.26. The number of hydrogen-bond donors (Lipinski definition) is 1. The van der Waals surface area contributed by atoms with Crippen molar-refractivity contribution in [2.45, 2.75) is 32.4 Å². The van der Waals surface area contributed by atoms with Crippen LogP contribution in [0.2, 0.25) is 0 Å². The lowest BCUT2D eigenvalue weighted by Crippen LogP contribution is -2.31. The summed E-state index contributed by atoms with van der Waals surface area (Å²) in [6, 6.07) is 3.40. The van der Waals surface area contributed by atoms with Gasteiger partial charge in [0.15, 0.2) is 11.5 Å². The van der Waals surface area contributed by atoms with E-state index in [0.29, 0.717) is 30.0 Å². The summed E-state index contributed by atoms with van der Waals surface area (Å²) in [7, 11) is 3.59. The molecule has 0 unspecified atom stereocenters. The standard InChI is InChI=1S/C18H20F3N5O/c1-10-23-13-7-6-11(9-12(13)15(24-10)18(19,20)21)17(27)25-14-5-4-8-22-16(14)26(2)3/h4-5,8,11H,6-7,9H2,1-3H3,(H,25,27)/t11-/m1/s1. The minimum absolute atomic E-state index is 0.0264. The van der Waals surface area contributed by atoms with E-state index in [0.717, 1.165) is 0 Å². The highest BCUT2D eigenvalue weighted by Gasteiger charge is 2.40. The van der Waals surface area contributed by atoms with E-state index in [-0.39, 0.29) is 23.7 Å². The SMILES string of the molecule is Cc1nc2c(c(C(F)(F)F)n1)C[C@H](C(=O)Nc1cccnc1N(C)C)CC2. The zero-order valence-electron chi connectivity index (χ0n) is 15.3. The normalized spacial score (nSPS) is 16.6. The van der Waals surface area contributed by atoms with E-state index < -0.39 is 17.8 Å². The molecule has 1 aliphatic rings. The van der Waals surface area contributed by atoms with Crippen molar-refractivity contribution in [3.8, 4) is 0 Å². The number of amides is 1. The third-order valence-corrected chi connectivity index (χ3v) is 4.49. The predicted octanol–water partition coefficient (Wildman–Crippen LogP) is 3.01. The molecule has 1 N–H and O–H groups in total. The van der Waals surface area contributed by atoms with Crippen molar-refractivity contribution in [2.75, 3.05) is 24.3 Å². The van der Waals surface area contributed by atoms with E-state index in [9.17, 15) is 18.0 Å². The zero-order valence-corrected chi connectivity index (χ0v) is 15.3. The Labute approximate surface area is 154 Å². The smallest absolute Gasteiger partial charge is 0.361 e. The number of fused-ring (bicyclic) bond motifs is 1. The van der Waals surface area contributed by atoms with Gasteiger partial charge in [-0.15, -0.1) is 0 Å². The Morgan fingerprint density at radius 3 is 2.70 bits per heavy atom. The Morgan fingerprint density at radius 2 is 2.04 bits per heavy atom. The van der Waals surface area contributed by atoms with Gasteiger partial charge in [0.1, 0.15) is 5.82 Å². The fourth-order valence-corrected chi connectivity index (χ4v) is 3.28. The van der Waals surface area contributed by atoms with Crippen LogP contribution in [0.1, 0.15) is 29.2 Å². The van der Waals surface area contributed by atoms with Crippen LogP contribution >= 0.6 is 0 Å². The molecular formula is C18H20F3N5O. The van der Waals surface area contributed by atoms with Gasteiger partial charge in [0.05, 0.1) is 5.69 Å². The molecule has 1 amide bonds. The topological polar surface area (TPSA) is 71.0 Å². The third kappa shape index (κ3) is 4.01. The van der Waals surface area contributed by atoms with Gasteiger partial charge in [0.25, 0.3) is 0 Å². The number of aryl methyl sites for hydroxylation is 2. The summed E-state index contributed by atoms with van der Waals surface area (Å²) >= 11 is 0. The van der Waals surface area contributed by atoms with E-state index in [1.807, 2.05) is 0 Å². The summed E-state index contributed by atoms with van der Waals surface area (Å²) in [5, 5.41) is 2.80. The van der Waals surface area contributed by atoms with Gasteiger partial charge in [-0.2, -0.15) is 13.2 Å². The first kappa shape index (κ1) is 19.1. The van der Waals surface area contributed by atoms with Crippen molar-refractivity contribution >= 4 is 17.4 Å². The Hall–Kier alpha value is -2.71. The maximum atomic E-state index is 13.4. The number of anilines is 2. The molecule has 1 atom stereocenters. The fraction of sp³-hybridized carbons (Fsp3) is 0.444. The molecule has 0 spiro atoms. The lowest BCUT2D eigenvalue weighted by atomic mass is 9.85.